The third kappa shape index (κ3) is 3.58. The first-order valence-electron chi connectivity index (χ1n) is 7.74. The Morgan fingerprint density at radius 2 is 2.27 bits per heavy atom. The van der Waals surface area contributed by atoms with Gasteiger partial charge >= 0.3 is 11.9 Å². The summed E-state index contributed by atoms with van der Waals surface area (Å²) in [5.41, 5.74) is 1.45. The van der Waals surface area contributed by atoms with E-state index in [4.69, 9.17) is 9.47 Å². The second kappa shape index (κ2) is 6.65. The van der Waals surface area contributed by atoms with Crippen LogP contribution in [0.2, 0.25) is 0 Å². The van der Waals surface area contributed by atoms with Crippen LogP contribution in [0.15, 0.2) is 23.8 Å². The van der Waals surface area contributed by atoms with Crippen molar-refractivity contribution in [2.75, 3.05) is 0 Å². The molecule has 2 rings (SSSR count). The van der Waals surface area contributed by atoms with E-state index in [2.05, 4.69) is 6.58 Å². The zero-order chi connectivity index (χ0) is 16.4. The molecule has 2 unspecified atom stereocenters. The molecule has 0 saturated carbocycles. The molecule has 1 aliphatic carbocycles. The summed E-state index contributed by atoms with van der Waals surface area (Å²) in [6.45, 7) is 8.96. The van der Waals surface area contributed by atoms with Crippen LogP contribution in [0.1, 0.15) is 40.0 Å². The molecule has 0 bridgehead atoms. The summed E-state index contributed by atoms with van der Waals surface area (Å²) >= 11 is 0. The van der Waals surface area contributed by atoms with Gasteiger partial charge in [-0.05, 0) is 31.3 Å². The summed E-state index contributed by atoms with van der Waals surface area (Å²) < 4.78 is 10.4. The monoisotopic (exact) mass is 308 g/mol. The number of hydrogen-bond acceptors (Lipinski definition) is 5. The normalized spacial score (nSPS) is 30.7. The molecule has 0 spiro atoms. The molecule has 0 aromatic heterocycles. The highest BCUT2D eigenvalue weighted by atomic mass is 16.6. The van der Waals surface area contributed by atoms with Gasteiger partial charge in [-0.2, -0.15) is 0 Å². The maximum atomic E-state index is 11.6. The van der Waals surface area contributed by atoms with Crippen LogP contribution in [-0.4, -0.2) is 35.4 Å². The Morgan fingerprint density at radius 1 is 1.59 bits per heavy atom. The van der Waals surface area contributed by atoms with Crippen molar-refractivity contribution in [3.8, 4) is 0 Å². The lowest BCUT2D eigenvalue weighted by Gasteiger charge is -2.23. The van der Waals surface area contributed by atoms with Crippen LogP contribution in [0, 0.1) is 11.8 Å². The predicted molar refractivity (Wildman–Crippen MR) is 80.8 cm³/mol. The van der Waals surface area contributed by atoms with E-state index in [-0.39, 0.29) is 36.0 Å². The molecule has 0 amide bonds. The van der Waals surface area contributed by atoms with Crippen molar-refractivity contribution >= 4 is 11.9 Å². The number of carbonyl (C=O) groups excluding carboxylic acids is 2. The number of fused-ring (bicyclic) bond motifs is 1. The number of rotatable bonds is 4. The van der Waals surface area contributed by atoms with Gasteiger partial charge in [0.25, 0.3) is 0 Å². The van der Waals surface area contributed by atoms with E-state index in [0.717, 1.165) is 5.57 Å². The van der Waals surface area contributed by atoms with Crippen LogP contribution in [0.4, 0.5) is 0 Å². The Bertz CT molecular complexity index is 507. The molecule has 5 nitrogen and oxygen atoms in total. The Kier molecular flexibility index (Phi) is 5.06. The van der Waals surface area contributed by atoms with E-state index in [0.29, 0.717) is 24.8 Å². The standard InChI is InChI=1S/C17H24O5/c1-9-7-16-14(11(3)17(20)22-16)6-5-13(9)15(19)8-10(2)21-12(4)18/h5,9-10,14-16,19H,3,6-8H2,1-2,4H3/t9-,10?,14+,15?,16+/m0/s1. The summed E-state index contributed by atoms with van der Waals surface area (Å²) in [5, 5.41) is 10.4. The maximum absolute atomic E-state index is 11.6. The fourth-order valence-corrected chi connectivity index (χ4v) is 3.37. The van der Waals surface area contributed by atoms with Gasteiger partial charge in [-0.15, -0.1) is 0 Å². The van der Waals surface area contributed by atoms with Crippen molar-refractivity contribution in [2.45, 2.75) is 58.3 Å². The van der Waals surface area contributed by atoms with Crippen molar-refractivity contribution in [3.05, 3.63) is 23.8 Å². The molecule has 1 aliphatic heterocycles. The number of ether oxygens (including phenoxy) is 2. The lowest BCUT2D eigenvalue weighted by molar-refractivity contribution is -0.146. The van der Waals surface area contributed by atoms with Crippen LogP contribution in [-0.2, 0) is 19.1 Å². The number of esters is 2. The van der Waals surface area contributed by atoms with Crippen LogP contribution in [0.5, 0.6) is 0 Å². The van der Waals surface area contributed by atoms with Gasteiger partial charge < -0.3 is 14.6 Å². The fourth-order valence-electron chi connectivity index (χ4n) is 3.37. The average molecular weight is 308 g/mol. The van der Waals surface area contributed by atoms with E-state index >= 15 is 0 Å². The van der Waals surface area contributed by atoms with E-state index in [1.165, 1.54) is 6.92 Å². The van der Waals surface area contributed by atoms with Gasteiger partial charge in [-0.25, -0.2) is 4.79 Å². The summed E-state index contributed by atoms with van der Waals surface area (Å²) in [7, 11) is 0. The van der Waals surface area contributed by atoms with Gasteiger partial charge in [0.2, 0.25) is 0 Å². The molecule has 1 heterocycles. The SMILES string of the molecule is C=C1C(=O)O[C@@H]2C[C@H](C)C(C(O)CC(C)OC(C)=O)=CC[C@H]12. The molecule has 5 atom stereocenters. The predicted octanol–water partition coefficient (Wildman–Crippen LogP) is 2.14. The molecule has 122 valence electrons. The zero-order valence-corrected chi connectivity index (χ0v) is 13.4. The summed E-state index contributed by atoms with van der Waals surface area (Å²) in [5.74, 6) is -0.540. The highest BCUT2D eigenvalue weighted by molar-refractivity contribution is 5.90. The topological polar surface area (TPSA) is 72.8 Å². The van der Waals surface area contributed by atoms with Crippen molar-refractivity contribution in [1.82, 2.24) is 0 Å². The van der Waals surface area contributed by atoms with Crippen LogP contribution in [0.3, 0.4) is 0 Å². The minimum Gasteiger partial charge on any atom is -0.463 e. The Morgan fingerprint density at radius 3 is 2.91 bits per heavy atom. The first-order chi connectivity index (χ1) is 10.3. The first kappa shape index (κ1) is 16.7. The maximum Gasteiger partial charge on any atom is 0.334 e. The summed E-state index contributed by atoms with van der Waals surface area (Å²) in [4.78, 5) is 22.5. The van der Waals surface area contributed by atoms with Crippen molar-refractivity contribution in [1.29, 1.82) is 0 Å². The highest BCUT2D eigenvalue weighted by Gasteiger charge is 2.41. The number of allylic oxidation sites excluding steroid dienone is 1. The quantitative estimate of drug-likeness (QED) is 0.489. The van der Waals surface area contributed by atoms with Crippen LogP contribution in [0.25, 0.3) is 0 Å². The van der Waals surface area contributed by atoms with Gasteiger partial charge in [0.1, 0.15) is 12.2 Å². The molecule has 1 saturated heterocycles. The molecule has 1 N–H and O–H groups in total. The van der Waals surface area contributed by atoms with Crippen LogP contribution < -0.4 is 0 Å². The summed E-state index contributed by atoms with van der Waals surface area (Å²) in [6, 6.07) is 0. The molecule has 1 fully saturated rings. The van der Waals surface area contributed by atoms with Gasteiger partial charge in [0.05, 0.1) is 6.10 Å². The molecule has 0 aromatic carbocycles. The highest BCUT2D eigenvalue weighted by Crippen LogP contribution is 2.39. The van der Waals surface area contributed by atoms with Gasteiger partial charge in [-0.1, -0.05) is 19.6 Å². The molecular formula is C17H24O5. The minimum atomic E-state index is -0.660. The van der Waals surface area contributed by atoms with E-state index < -0.39 is 6.10 Å². The van der Waals surface area contributed by atoms with Gasteiger partial charge in [-0.3, -0.25) is 4.79 Å². The Hall–Kier alpha value is -1.62. The molecular weight excluding hydrogens is 284 g/mol. The Labute approximate surface area is 131 Å². The fraction of sp³-hybridized carbons (Fsp3) is 0.647. The number of aliphatic hydroxyl groups excluding tert-OH is 1. The van der Waals surface area contributed by atoms with Crippen molar-refractivity contribution in [3.63, 3.8) is 0 Å². The van der Waals surface area contributed by atoms with E-state index in [1.54, 1.807) is 6.92 Å². The lowest BCUT2D eigenvalue weighted by atomic mass is 9.89. The first-order valence-corrected chi connectivity index (χ1v) is 7.74. The molecule has 2 aliphatic rings. The summed E-state index contributed by atoms with van der Waals surface area (Å²) in [6.07, 6.45) is 2.54. The Balaban J connectivity index is 2.04. The number of carbonyl (C=O) groups is 2. The molecule has 5 heteroatoms. The van der Waals surface area contributed by atoms with Gasteiger partial charge in [0.15, 0.2) is 0 Å². The van der Waals surface area contributed by atoms with Crippen molar-refractivity contribution < 1.29 is 24.2 Å². The zero-order valence-electron chi connectivity index (χ0n) is 13.4. The lowest BCUT2D eigenvalue weighted by Crippen LogP contribution is -2.25. The van der Waals surface area contributed by atoms with Crippen molar-refractivity contribution in [2.24, 2.45) is 11.8 Å². The minimum absolute atomic E-state index is 0.00513. The second-order valence-corrected chi connectivity index (χ2v) is 6.32. The average Bonchev–Trinajstić information content (AvgIpc) is 2.56. The smallest absolute Gasteiger partial charge is 0.334 e. The molecule has 22 heavy (non-hydrogen) atoms. The van der Waals surface area contributed by atoms with Crippen LogP contribution >= 0.6 is 0 Å². The van der Waals surface area contributed by atoms with Gasteiger partial charge in [0, 0.05) is 24.8 Å². The van der Waals surface area contributed by atoms with E-state index in [9.17, 15) is 14.7 Å². The third-order valence-electron chi connectivity index (χ3n) is 4.49. The number of hydrogen-bond donors (Lipinski definition) is 1. The molecule has 0 radical (unpaired) electrons. The largest absolute Gasteiger partial charge is 0.463 e. The molecule has 0 aromatic rings. The second-order valence-electron chi connectivity index (χ2n) is 6.32. The van der Waals surface area contributed by atoms with E-state index in [1.807, 2.05) is 13.0 Å². The third-order valence-corrected chi connectivity index (χ3v) is 4.49. The number of aliphatic hydroxyl groups is 1.